The van der Waals surface area contributed by atoms with Gasteiger partial charge < -0.3 is 16.0 Å². The number of halogens is 2. The third-order valence-corrected chi connectivity index (χ3v) is 4.77. The van der Waals surface area contributed by atoms with E-state index >= 15 is 0 Å². The molecule has 0 aromatic carbocycles. The lowest BCUT2D eigenvalue weighted by molar-refractivity contribution is -0.132. The molecular weight excluding hydrogens is 297 g/mol. The van der Waals surface area contributed by atoms with Gasteiger partial charge in [0.1, 0.15) is 0 Å². The summed E-state index contributed by atoms with van der Waals surface area (Å²) in [6, 6.07) is 0.854. The van der Waals surface area contributed by atoms with Gasteiger partial charge in [-0.2, -0.15) is 0 Å². The van der Waals surface area contributed by atoms with Gasteiger partial charge in [-0.25, -0.2) is 0 Å². The average Bonchev–Trinajstić information content (AvgIpc) is 2.37. The van der Waals surface area contributed by atoms with Crippen LogP contribution in [0.1, 0.15) is 46.5 Å². The largest absolute Gasteiger partial charge is 0.353 e. The Hall–Kier alpha value is -0.0300. The third-order valence-electron chi connectivity index (χ3n) is 4.77. The Balaban J connectivity index is 0. The number of hydrogen-bond donors (Lipinski definition) is 2. The maximum Gasteiger partial charge on any atom is 0.227 e. The summed E-state index contributed by atoms with van der Waals surface area (Å²) in [6.07, 6.45) is 3.71. The molecule has 1 rings (SSSR count). The Bertz CT molecular complexity index is 277. The molecule has 2 unspecified atom stereocenters. The highest BCUT2D eigenvalue weighted by molar-refractivity contribution is 5.85. The zero-order valence-corrected chi connectivity index (χ0v) is 14.8. The first-order valence-electron chi connectivity index (χ1n) is 7.20. The van der Waals surface area contributed by atoms with Gasteiger partial charge in [0.15, 0.2) is 0 Å². The van der Waals surface area contributed by atoms with E-state index < -0.39 is 0 Å². The van der Waals surface area contributed by atoms with Crippen molar-refractivity contribution in [1.82, 2.24) is 10.2 Å². The molecule has 0 aromatic rings. The SMILES string of the molecule is CCC(CC)(CN)C(=O)NC1CCN(C)C(C)C1.Cl.Cl. The molecule has 2 atom stereocenters. The lowest BCUT2D eigenvalue weighted by Gasteiger charge is -2.37. The molecule has 6 heteroatoms. The molecule has 20 heavy (non-hydrogen) atoms. The monoisotopic (exact) mass is 327 g/mol. The predicted molar refractivity (Wildman–Crippen MR) is 89.8 cm³/mol. The van der Waals surface area contributed by atoms with Gasteiger partial charge in [-0.05, 0) is 39.7 Å². The first kappa shape index (κ1) is 22.3. The third kappa shape index (κ3) is 5.06. The highest BCUT2D eigenvalue weighted by atomic mass is 35.5. The molecule has 1 saturated heterocycles. The lowest BCUT2D eigenvalue weighted by Crippen LogP contribution is -2.52. The number of nitrogens with two attached hydrogens (primary N) is 1. The average molecular weight is 328 g/mol. The Morgan fingerprint density at radius 3 is 2.30 bits per heavy atom. The van der Waals surface area contributed by atoms with Gasteiger partial charge in [0.2, 0.25) is 5.91 Å². The number of rotatable bonds is 5. The van der Waals surface area contributed by atoms with Crippen molar-refractivity contribution >= 4 is 30.7 Å². The summed E-state index contributed by atoms with van der Waals surface area (Å²) < 4.78 is 0. The number of carbonyl (C=O) groups is 1. The molecule has 1 fully saturated rings. The van der Waals surface area contributed by atoms with Crippen LogP contribution in [0.3, 0.4) is 0 Å². The summed E-state index contributed by atoms with van der Waals surface area (Å²) in [5.41, 5.74) is 5.45. The highest BCUT2D eigenvalue weighted by Gasteiger charge is 2.35. The summed E-state index contributed by atoms with van der Waals surface area (Å²) in [5.74, 6) is 0.150. The Morgan fingerprint density at radius 1 is 1.35 bits per heavy atom. The van der Waals surface area contributed by atoms with E-state index in [1.165, 1.54) is 0 Å². The van der Waals surface area contributed by atoms with Crippen LogP contribution >= 0.6 is 24.8 Å². The van der Waals surface area contributed by atoms with Gasteiger partial charge in [0.05, 0.1) is 5.41 Å². The highest BCUT2D eigenvalue weighted by Crippen LogP contribution is 2.26. The number of piperidine rings is 1. The summed E-state index contributed by atoms with van der Waals surface area (Å²) in [7, 11) is 2.14. The maximum absolute atomic E-state index is 12.4. The van der Waals surface area contributed by atoms with E-state index in [1.54, 1.807) is 0 Å². The molecule has 3 N–H and O–H groups in total. The normalized spacial score (nSPS) is 23.4. The molecule has 0 spiro atoms. The van der Waals surface area contributed by atoms with E-state index in [-0.39, 0.29) is 36.1 Å². The van der Waals surface area contributed by atoms with Crippen LogP contribution in [0.4, 0.5) is 0 Å². The second-order valence-corrected chi connectivity index (χ2v) is 5.72. The number of likely N-dealkylation sites (tertiary alicyclic amines) is 1. The molecule has 0 saturated carbocycles. The molecule has 1 heterocycles. The van der Waals surface area contributed by atoms with Crippen LogP contribution in [0, 0.1) is 5.41 Å². The first-order chi connectivity index (χ1) is 8.49. The van der Waals surface area contributed by atoms with Crippen molar-refractivity contribution in [3.63, 3.8) is 0 Å². The molecule has 0 bridgehead atoms. The minimum Gasteiger partial charge on any atom is -0.353 e. The summed E-state index contributed by atoms with van der Waals surface area (Å²) in [6.45, 7) is 7.81. The molecule has 1 aliphatic rings. The van der Waals surface area contributed by atoms with Crippen molar-refractivity contribution in [2.75, 3.05) is 20.1 Å². The lowest BCUT2D eigenvalue weighted by atomic mass is 9.81. The van der Waals surface area contributed by atoms with Crippen LogP contribution in [-0.2, 0) is 4.79 Å². The molecular formula is C14H31Cl2N3O. The number of nitrogens with zero attached hydrogens (tertiary/aromatic N) is 1. The number of nitrogens with one attached hydrogen (secondary N) is 1. The van der Waals surface area contributed by atoms with Crippen LogP contribution in [-0.4, -0.2) is 43.0 Å². The number of carbonyl (C=O) groups excluding carboxylic acids is 1. The van der Waals surface area contributed by atoms with Crippen LogP contribution in [0.25, 0.3) is 0 Å². The minimum atomic E-state index is -0.368. The van der Waals surface area contributed by atoms with Crippen molar-refractivity contribution in [2.24, 2.45) is 11.1 Å². The minimum absolute atomic E-state index is 0. The number of amides is 1. The van der Waals surface area contributed by atoms with E-state index in [0.29, 0.717) is 18.6 Å². The van der Waals surface area contributed by atoms with Gasteiger partial charge in [-0.1, -0.05) is 13.8 Å². The quantitative estimate of drug-likeness (QED) is 0.813. The Labute approximate surface area is 136 Å². The fourth-order valence-electron chi connectivity index (χ4n) is 2.71. The van der Waals surface area contributed by atoms with Crippen molar-refractivity contribution < 1.29 is 4.79 Å². The van der Waals surface area contributed by atoms with Crippen LogP contribution in [0.5, 0.6) is 0 Å². The second-order valence-electron chi connectivity index (χ2n) is 5.72. The fourth-order valence-corrected chi connectivity index (χ4v) is 2.71. The van der Waals surface area contributed by atoms with Gasteiger partial charge in [-0.3, -0.25) is 4.79 Å². The molecule has 122 valence electrons. The van der Waals surface area contributed by atoms with Crippen molar-refractivity contribution in [3.8, 4) is 0 Å². The first-order valence-corrected chi connectivity index (χ1v) is 7.20. The molecule has 0 radical (unpaired) electrons. The van der Waals surface area contributed by atoms with E-state index in [1.807, 2.05) is 13.8 Å². The Morgan fingerprint density at radius 2 is 1.90 bits per heavy atom. The van der Waals surface area contributed by atoms with Gasteiger partial charge >= 0.3 is 0 Å². The van der Waals surface area contributed by atoms with Crippen LogP contribution in [0.15, 0.2) is 0 Å². The summed E-state index contributed by atoms with van der Waals surface area (Å²) in [4.78, 5) is 14.8. The van der Waals surface area contributed by atoms with Crippen LogP contribution < -0.4 is 11.1 Å². The van der Waals surface area contributed by atoms with E-state index in [0.717, 1.165) is 32.2 Å². The van der Waals surface area contributed by atoms with E-state index in [2.05, 4.69) is 24.2 Å². The van der Waals surface area contributed by atoms with Crippen molar-refractivity contribution in [3.05, 3.63) is 0 Å². The van der Waals surface area contributed by atoms with E-state index in [4.69, 9.17) is 5.73 Å². The molecule has 1 aliphatic heterocycles. The van der Waals surface area contributed by atoms with Crippen LogP contribution in [0.2, 0.25) is 0 Å². The summed E-state index contributed by atoms with van der Waals surface area (Å²) >= 11 is 0. The standard InChI is InChI=1S/C14H29N3O.2ClH/c1-5-14(6-2,10-15)13(18)16-12-7-8-17(4)11(3)9-12;;/h11-12H,5-10,15H2,1-4H3,(H,16,18);2*1H. The van der Waals surface area contributed by atoms with Gasteiger partial charge in [0, 0.05) is 25.2 Å². The fraction of sp³-hybridized carbons (Fsp3) is 0.929. The zero-order valence-electron chi connectivity index (χ0n) is 13.1. The zero-order chi connectivity index (χ0) is 13.8. The topological polar surface area (TPSA) is 58.4 Å². The molecule has 1 amide bonds. The smallest absolute Gasteiger partial charge is 0.227 e. The van der Waals surface area contributed by atoms with Crippen molar-refractivity contribution in [1.29, 1.82) is 0 Å². The van der Waals surface area contributed by atoms with Crippen molar-refractivity contribution in [2.45, 2.75) is 58.5 Å². The van der Waals surface area contributed by atoms with Gasteiger partial charge in [0.25, 0.3) is 0 Å². The molecule has 0 aromatic heterocycles. The molecule has 0 aliphatic carbocycles. The van der Waals surface area contributed by atoms with Gasteiger partial charge in [-0.15, -0.1) is 24.8 Å². The Kier molecular flexibility index (Phi) is 10.9. The number of hydrogen-bond acceptors (Lipinski definition) is 3. The predicted octanol–water partition coefficient (Wildman–Crippen LogP) is 2.19. The second kappa shape index (κ2) is 9.82. The molecule has 4 nitrogen and oxygen atoms in total. The summed E-state index contributed by atoms with van der Waals surface area (Å²) in [5, 5.41) is 3.22. The maximum atomic E-state index is 12.4. The van der Waals surface area contributed by atoms with E-state index in [9.17, 15) is 4.79 Å².